The third-order valence-electron chi connectivity index (χ3n) is 3.70. The highest BCUT2D eigenvalue weighted by Gasteiger charge is 2.15. The Morgan fingerprint density at radius 2 is 1.88 bits per heavy atom. The lowest BCUT2D eigenvalue weighted by atomic mass is 10.1. The van der Waals surface area contributed by atoms with Gasteiger partial charge in [0.25, 0.3) is 5.91 Å². The quantitative estimate of drug-likeness (QED) is 0.739. The Hall–Kier alpha value is -3.13. The van der Waals surface area contributed by atoms with Crippen molar-refractivity contribution < 1.29 is 14.3 Å². The summed E-state index contributed by atoms with van der Waals surface area (Å²) in [5, 5.41) is 14.8. The normalized spacial score (nSPS) is 10.5. The number of tetrazole rings is 1. The van der Waals surface area contributed by atoms with E-state index in [9.17, 15) is 4.79 Å². The molecule has 2 aromatic carbocycles. The monoisotopic (exact) mass is 373 g/mol. The maximum atomic E-state index is 12.6. The first-order valence-electron chi connectivity index (χ1n) is 7.61. The van der Waals surface area contributed by atoms with Crippen molar-refractivity contribution in [3.63, 3.8) is 0 Å². The summed E-state index contributed by atoms with van der Waals surface area (Å²) >= 11 is 5.94. The predicted octanol–water partition coefficient (Wildman–Crippen LogP) is 2.89. The van der Waals surface area contributed by atoms with Crippen molar-refractivity contribution in [2.24, 2.45) is 0 Å². The summed E-state index contributed by atoms with van der Waals surface area (Å²) in [6, 6.07) is 9.99. The maximum Gasteiger partial charge on any atom is 0.259 e. The van der Waals surface area contributed by atoms with Gasteiger partial charge in [0.2, 0.25) is 0 Å². The van der Waals surface area contributed by atoms with Gasteiger partial charge in [-0.3, -0.25) is 4.79 Å². The van der Waals surface area contributed by atoms with Crippen LogP contribution in [0.2, 0.25) is 5.02 Å². The van der Waals surface area contributed by atoms with Crippen LogP contribution >= 0.6 is 11.6 Å². The van der Waals surface area contributed by atoms with Gasteiger partial charge in [0, 0.05) is 10.7 Å². The standard InChI is InChI=1S/C17H16ClN5O3/c1-10-20-21-22-23(10)14-9-12(5-7-15(14)25-2)19-17(24)13-6-4-11(18)8-16(13)26-3/h4-9H,1-3H3,(H,19,24). The average molecular weight is 374 g/mol. The number of methoxy groups -OCH3 is 2. The fourth-order valence-corrected chi connectivity index (χ4v) is 2.60. The number of amides is 1. The molecule has 0 saturated carbocycles. The van der Waals surface area contributed by atoms with E-state index in [1.54, 1.807) is 50.4 Å². The van der Waals surface area contributed by atoms with Crippen LogP contribution in [-0.4, -0.2) is 40.3 Å². The average Bonchev–Trinajstić information content (AvgIpc) is 3.07. The minimum absolute atomic E-state index is 0.330. The molecular formula is C17H16ClN5O3. The van der Waals surface area contributed by atoms with Crippen molar-refractivity contribution in [2.75, 3.05) is 19.5 Å². The summed E-state index contributed by atoms with van der Waals surface area (Å²) < 4.78 is 12.1. The Morgan fingerprint density at radius 1 is 1.12 bits per heavy atom. The molecule has 26 heavy (non-hydrogen) atoms. The first kappa shape index (κ1) is 17.7. The van der Waals surface area contributed by atoms with E-state index in [1.807, 2.05) is 0 Å². The Morgan fingerprint density at radius 3 is 2.54 bits per heavy atom. The van der Waals surface area contributed by atoms with Crippen molar-refractivity contribution in [3.05, 3.63) is 52.8 Å². The van der Waals surface area contributed by atoms with Gasteiger partial charge in [-0.15, -0.1) is 5.10 Å². The van der Waals surface area contributed by atoms with E-state index in [-0.39, 0.29) is 5.91 Å². The third-order valence-corrected chi connectivity index (χ3v) is 3.93. The smallest absolute Gasteiger partial charge is 0.259 e. The van der Waals surface area contributed by atoms with E-state index in [4.69, 9.17) is 21.1 Å². The number of nitrogens with one attached hydrogen (secondary N) is 1. The van der Waals surface area contributed by atoms with Gasteiger partial charge < -0.3 is 14.8 Å². The Bertz CT molecular complexity index is 957. The molecule has 0 spiro atoms. The molecule has 0 saturated heterocycles. The predicted molar refractivity (Wildman–Crippen MR) is 96.4 cm³/mol. The lowest BCUT2D eigenvalue weighted by molar-refractivity contribution is 0.102. The number of halogens is 1. The van der Waals surface area contributed by atoms with Gasteiger partial charge in [0.15, 0.2) is 5.82 Å². The molecule has 3 aromatic rings. The second kappa shape index (κ2) is 7.40. The molecule has 0 aliphatic heterocycles. The molecule has 1 heterocycles. The molecule has 9 heteroatoms. The summed E-state index contributed by atoms with van der Waals surface area (Å²) in [7, 11) is 3.03. The number of carbonyl (C=O) groups is 1. The highest BCUT2D eigenvalue weighted by Crippen LogP contribution is 2.28. The van der Waals surface area contributed by atoms with Gasteiger partial charge in [-0.2, -0.15) is 4.68 Å². The van der Waals surface area contributed by atoms with E-state index in [0.29, 0.717) is 39.3 Å². The number of nitrogens with zero attached hydrogens (tertiary/aromatic N) is 4. The second-order valence-electron chi connectivity index (χ2n) is 5.32. The van der Waals surface area contributed by atoms with Crippen molar-refractivity contribution in [2.45, 2.75) is 6.92 Å². The fraction of sp³-hybridized carbons (Fsp3) is 0.176. The molecule has 0 radical (unpaired) electrons. The Kier molecular flexibility index (Phi) is 5.04. The topological polar surface area (TPSA) is 91.2 Å². The third kappa shape index (κ3) is 3.45. The van der Waals surface area contributed by atoms with Crippen LogP contribution in [0.25, 0.3) is 5.69 Å². The highest BCUT2D eigenvalue weighted by atomic mass is 35.5. The van der Waals surface area contributed by atoms with Crippen LogP contribution in [0.3, 0.4) is 0 Å². The summed E-state index contributed by atoms with van der Waals surface area (Å²) in [6.45, 7) is 1.77. The van der Waals surface area contributed by atoms with Gasteiger partial charge in [0.05, 0.1) is 19.8 Å². The van der Waals surface area contributed by atoms with Crippen LogP contribution < -0.4 is 14.8 Å². The maximum absolute atomic E-state index is 12.6. The van der Waals surface area contributed by atoms with Gasteiger partial charge in [-0.25, -0.2) is 0 Å². The summed E-state index contributed by atoms with van der Waals surface area (Å²) in [5.74, 6) is 1.22. The number of aromatic nitrogens is 4. The Labute approximate surface area is 154 Å². The lowest BCUT2D eigenvalue weighted by Gasteiger charge is -2.13. The molecule has 1 aromatic heterocycles. The second-order valence-corrected chi connectivity index (χ2v) is 5.76. The molecule has 3 rings (SSSR count). The van der Waals surface area contributed by atoms with Crippen LogP contribution in [0.5, 0.6) is 11.5 Å². The summed E-state index contributed by atoms with van der Waals surface area (Å²) in [4.78, 5) is 12.6. The Balaban J connectivity index is 1.94. The number of ether oxygens (including phenoxy) is 2. The molecule has 1 amide bonds. The molecule has 0 atom stereocenters. The minimum Gasteiger partial charge on any atom is -0.496 e. The molecule has 0 fully saturated rings. The first-order valence-corrected chi connectivity index (χ1v) is 7.99. The number of aryl methyl sites for hydroxylation is 1. The zero-order valence-corrected chi connectivity index (χ0v) is 15.1. The molecule has 0 unspecified atom stereocenters. The molecule has 0 aliphatic carbocycles. The number of benzene rings is 2. The van der Waals surface area contributed by atoms with Crippen molar-refractivity contribution in [1.29, 1.82) is 0 Å². The molecule has 8 nitrogen and oxygen atoms in total. The van der Waals surface area contributed by atoms with E-state index in [2.05, 4.69) is 20.8 Å². The largest absolute Gasteiger partial charge is 0.496 e. The van der Waals surface area contributed by atoms with E-state index in [0.717, 1.165) is 0 Å². The first-order chi connectivity index (χ1) is 12.5. The zero-order chi connectivity index (χ0) is 18.7. The number of anilines is 1. The highest BCUT2D eigenvalue weighted by molar-refractivity contribution is 6.31. The van der Waals surface area contributed by atoms with Gasteiger partial charge in [-0.05, 0) is 53.7 Å². The fourth-order valence-electron chi connectivity index (χ4n) is 2.44. The SMILES string of the molecule is COc1cc(Cl)ccc1C(=O)Nc1ccc(OC)c(-n2nnnc2C)c1. The van der Waals surface area contributed by atoms with Crippen molar-refractivity contribution >= 4 is 23.2 Å². The summed E-state index contributed by atoms with van der Waals surface area (Å²) in [6.07, 6.45) is 0. The van der Waals surface area contributed by atoms with Crippen molar-refractivity contribution in [3.8, 4) is 17.2 Å². The lowest BCUT2D eigenvalue weighted by Crippen LogP contribution is -2.14. The summed E-state index contributed by atoms with van der Waals surface area (Å²) in [5.41, 5.74) is 1.53. The molecular weight excluding hydrogens is 358 g/mol. The van der Waals surface area contributed by atoms with Crippen LogP contribution in [0.4, 0.5) is 5.69 Å². The van der Waals surface area contributed by atoms with Crippen LogP contribution in [0, 0.1) is 6.92 Å². The number of hydrogen-bond donors (Lipinski definition) is 1. The van der Waals surface area contributed by atoms with Crippen LogP contribution in [0.1, 0.15) is 16.2 Å². The van der Waals surface area contributed by atoms with E-state index >= 15 is 0 Å². The van der Waals surface area contributed by atoms with Crippen LogP contribution in [0.15, 0.2) is 36.4 Å². The molecule has 134 valence electrons. The minimum atomic E-state index is -0.330. The van der Waals surface area contributed by atoms with Crippen molar-refractivity contribution in [1.82, 2.24) is 20.2 Å². The van der Waals surface area contributed by atoms with E-state index in [1.165, 1.54) is 11.8 Å². The van der Waals surface area contributed by atoms with Gasteiger partial charge in [-0.1, -0.05) is 11.6 Å². The molecule has 0 bridgehead atoms. The van der Waals surface area contributed by atoms with Gasteiger partial charge in [0.1, 0.15) is 17.2 Å². The van der Waals surface area contributed by atoms with Crippen LogP contribution in [-0.2, 0) is 0 Å². The molecule has 0 aliphatic rings. The zero-order valence-electron chi connectivity index (χ0n) is 14.4. The molecule has 1 N–H and O–H groups in total. The number of hydrogen-bond acceptors (Lipinski definition) is 6. The van der Waals surface area contributed by atoms with Gasteiger partial charge >= 0.3 is 0 Å². The number of rotatable bonds is 5. The number of carbonyl (C=O) groups excluding carboxylic acids is 1. The van der Waals surface area contributed by atoms with E-state index < -0.39 is 0 Å².